The van der Waals surface area contributed by atoms with Crippen molar-refractivity contribution >= 4 is 13.7 Å². The summed E-state index contributed by atoms with van der Waals surface area (Å²) < 4.78 is 0. The zero-order chi connectivity index (χ0) is 9.68. The van der Waals surface area contributed by atoms with Crippen LogP contribution in [0.5, 0.6) is 5.75 Å². The number of nitrogens with one attached hydrogen (secondary N) is 1. The molecule has 0 aliphatic carbocycles. The van der Waals surface area contributed by atoms with Crippen molar-refractivity contribution in [1.29, 1.82) is 0 Å². The zero-order valence-corrected chi connectivity index (χ0v) is 7.16. The van der Waals surface area contributed by atoms with Crippen molar-refractivity contribution in [1.82, 2.24) is 5.32 Å². The molecule has 1 amide bonds. The first-order valence-electron chi connectivity index (χ1n) is 3.99. The molecule has 66 valence electrons. The Kier molecular flexibility index (Phi) is 3.37. The second-order valence-electron chi connectivity index (χ2n) is 2.71. The lowest BCUT2D eigenvalue weighted by Gasteiger charge is -2.02. The number of carbonyl (C=O) groups is 1. The predicted molar refractivity (Wildman–Crippen MR) is 51.0 cm³/mol. The van der Waals surface area contributed by atoms with Crippen LogP contribution in [0.3, 0.4) is 0 Å². The molecule has 0 unspecified atom stereocenters. The van der Waals surface area contributed by atoms with Gasteiger partial charge >= 0.3 is 0 Å². The van der Waals surface area contributed by atoms with E-state index in [0.29, 0.717) is 13.0 Å². The lowest BCUT2D eigenvalue weighted by molar-refractivity contribution is 0.259. The summed E-state index contributed by atoms with van der Waals surface area (Å²) in [5, 5.41) is 11.5. The Morgan fingerprint density at radius 2 is 2.00 bits per heavy atom. The molecule has 0 spiro atoms. The molecule has 2 N–H and O–H groups in total. The Morgan fingerprint density at radius 3 is 2.54 bits per heavy atom. The Labute approximate surface area is 78.2 Å². The first kappa shape index (κ1) is 9.64. The fraction of sp³-hybridized carbons (Fsp3) is 0.222. The molecule has 0 aliphatic heterocycles. The Balaban J connectivity index is 2.37. The molecule has 4 heteroatoms. The van der Waals surface area contributed by atoms with Crippen LogP contribution in [0.15, 0.2) is 24.3 Å². The minimum atomic E-state index is -0.515. The Bertz CT molecular complexity index is 284. The second-order valence-corrected chi connectivity index (χ2v) is 2.71. The Hall–Kier alpha value is -1.45. The lowest BCUT2D eigenvalue weighted by atomic mass is 10.1. The van der Waals surface area contributed by atoms with Crippen molar-refractivity contribution in [2.75, 3.05) is 6.54 Å². The van der Waals surface area contributed by atoms with Gasteiger partial charge in [0.25, 0.3) is 0 Å². The summed E-state index contributed by atoms with van der Waals surface area (Å²) in [5.41, 5.74) is 1.05. The monoisotopic (exact) mass is 175 g/mol. The third-order valence-corrected chi connectivity index (χ3v) is 1.65. The molecule has 0 bridgehead atoms. The van der Waals surface area contributed by atoms with Crippen LogP contribution in [0.4, 0.5) is 4.79 Å². The SMILES string of the molecule is [B]C(=O)NCCc1ccc(O)cc1. The summed E-state index contributed by atoms with van der Waals surface area (Å²) in [5.74, 6) is -0.273. The summed E-state index contributed by atoms with van der Waals surface area (Å²) in [7, 11) is 4.89. The van der Waals surface area contributed by atoms with Crippen LogP contribution < -0.4 is 5.32 Å². The second kappa shape index (κ2) is 4.55. The van der Waals surface area contributed by atoms with Crippen LogP contribution in [0.1, 0.15) is 5.56 Å². The summed E-state index contributed by atoms with van der Waals surface area (Å²) >= 11 is 0. The zero-order valence-electron chi connectivity index (χ0n) is 7.16. The van der Waals surface area contributed by atoms with Gasteiger partial charge in [0.15, 0.2) is 13.7 Å². The average Bonchev–Trinajstić information content (AvgIpc) is 2.08. The van der Waals surface area contributed by atoms with E-state index in [1.54, 1.807) is 24.3 Å². The first-order chi connectivity index (χ1) is 6.18. The van der Waals surface area contributed by atoms with Gasteiger partial charge in [0.05, 0.1) is 0 Å². The fourth-order valence-electron chi connectivity index (χ4n) is 0.993. The van der Waals surface area contributed by atoms with Gasteiger partial charge in [-0.25, -0.2) is 0 Å². The smallest absolute Gasteiger partial charge is 0.200 e. The quantitative estimate of drug-likeness (QED) is 0.667. The topological polar surface area (TPSA) is 49.3 Å². The largest absolute Gasteiger partial charge is 0.508 e. The number of carbonyl (C=O) groups excluding carboxylic acids is 1. The maximum absolute atomic E-state index is 10.3. The van der Waals surface area contributed by atoms with Gasteiger partial charge in [-0.3, -0.25) is 4.79 Å². The predicted octanol–water partition coefficient (Wildman–Crippen LogP) is 0.813. The van der Waals surface area contributed by atoms with E-state index in [4.69, 9.17) is 13.0 Å². The normalized spacial score (nSPS) is 9.54. The van der Waals surface area contributed by atoms with Gasteiger partial charge in [-0.1, -0.05) is 12.1 Å². The number of hydrogen-bond acceptors (Lipinski definition) is 2. The molecule has 0 saturated heterocycles. The van der Waals surface area contributed by atoms with E-state index in [1.165, 1.54) is 0 Å². The number of benzene rings is 1. The highest BCUT2D eigenvalue weighted by Crippen LogP contribution is 2.09. The van der Waals surface area contributed by atoms with Crippen molar-refractivity contribution < 1.29 is 9.90 Å². The molecule has 13 heavy (non-hydrogen) atoms. The standard InChI is InChI=1S/C9H10BNO2/c10-9(13)11-6-5-7-1-3-8(12)4-2-7/h1-4,12H,5-6H2,(H,11,13). The summed E-state index contributed by atoms with van der Waals surface area (Å²) in [6, 6.07) is 6.83. The maximum atomic E-state index is 10.3. The van der Waals surface area contributed by atoms with Crippen LogP contribution in [0, 0.1) is 0 Å². The number of amides is 1. The Morgan fingerprint density at radius 1 is 1.38 bits per heavy atom. The van der Waals surface area contributed by atoms with Gasteiger partial charge in [0.1, 0.15) is 5.75 Å². The van der Waals surface area contributed by atoms with Gasteiger partial charge in [-0.05, 0) is 24.1 Å². The van der Waals surface area contributed by atoms with Gasteiger partial charge < -0.3 is 10.4 Å². The van der Waals surface area contributed by atoms with Crippen molar-refractivity contribution in [2.24, 2.45) is 0 Å². The summed E-state index contributed by atoms with van der Waals surface area (Å²) in [4.78, 5) is 10.3. The van der Waals surface area contributed by atoms with Gasteiger partial charge in [0.2, 0.25) is 0 Å². The molecule has 0 saturated carbocycles. The minimum absolute atomic E-state index is 0.242. The van der Waals surface area contributed by atoms with Crippen LogP contribution >= 0.6 is 0 Å². The number of aromatic hydroxyl groups is 1. The van der Waals surface area contributed by atoms with Crippen LogP contribution in [0.2, 0.25) is 0 Å². The number of hydrogen-bond donors (Lipinski definition) is 2. The van der Waals surface area contributed by atoms with E-state index in [-0.39, 0.29) is 5.75 Å². The molecule has 1 aromatic rings. The minimum Gasteiger partial charge on any atom is -0.508 e. The molecule has 1 aromatic carbocycles. The molecule has 2 radical (unpaired) electrons. The molecular formula is C9H10BNO2. The van der Waals surface area contributed by atoms with Gasteiger partial charge in [-0.2, -0.15) is 0 Å². The summed E-state index contributed by atoms with van der Waals surface area (Å²) in [6.07, 6.45) is 0.712. The number of rotatable bonds is 3. The molecule has 0 heterocycles. The summed E-state index contributed by atoms with van der Waals surface area (Å²) in [6.45, 7) is 0.514. The van der Waals surface area contributed by atoms with E-state index < -0.39 is 5.81 Å². The van der Waals surface area contributed by atoms with Crippen molar-refractivity contribution in [3.05, 3.63) is 29.8 Å². The molecule has 0 aromatic heterocycles. The lowest BCUT2D eigenvalue weighted by Crippen LogP contribution is -2.23. The van der Waals surface area contributed by atoms with Crippen molar-refractivity contribution in [3.8, 4) is 5.75 Å². The molecule has 0 fully saturated rings. The maximum Gasteiger partial charge on any atom is 0.200 e. The van der Waals surface area contributed by atoms with Crippen LogP contribution in [0.25, 0.3) is 0 Å². The first-order valence-corrected chi connectivity index (χ1v) is 3.99. The highest BCUT2D eigenvalue weighted by Gasteiger charge is 1.94. The number of phenols is 1. The van der Waals surface area contributed by atoms with Gasteiger partial charge in [-0.15, -0.1) is 0 Å². The molecule has 3 nitrogen and oxygen atoms in total. The molecule has 0 aliphatic rings. The highest BCUT2D eigenvalue weighted by atomic mass is 16.3. The van der Waals surface area contributed by atoms with E-state index in [0.717, 1.165) is 5.56 Å². The highest BCUT2D eigenvalue weighted by molar-refractivity contribution is 6.57. The van der Waals surface area contributed by atoms with Crippen molar-refractivity contribution in [3.63, 3.8) is 0 Å². The van der Waals surface area contributed by atoms with E-state index in [2.05, 4.69) is 5.32 Å². The van der Waals surface area contributed by atoms with Crippen LogP contribution in [-0.2, 0) is 6.42 Å². The van der Waals surface area contributed by atoms with Gasteiger partial charge in [0, 0.05) is 6.54 Å². The fourth-order valence-corrected chi connectivity index (χ4v) is 0.993. The average molecular weight is 175 g/mol. The third kappa shape index (κ3) is 3.65. The molecule has 1 rings (SSSR count). The van der Waals surface area contributed by atoms with E-state index in [1.807, 2.05) is 0 Å². The molecule has 0 atom stereocenters. The number of phenolic OH excluding ortho intramolecular Hbond substituents is 1. The van der Waals surface area contributed by atoms with E-state index in [9.17, 15) is 4.79 Å². The van der Waals surface area contributed by atoms with Crippen molar-refractivity contribution in [2.45, 2.75) is 6.42 Å². The molecular weight excluding hydrogens is 165 g/mol. The third-order valence-electron chi connectivity index (χ3n) is 1.65. The van der Waals surface area contributed by atoms with Crippen LogP contribution in [-0.4, -0.2) is 25.3 Å². The van der Waals surface area contributed by atoms with E-state index >= 15 is 0 Å².